The third kappa shape index (κ3) is 3.87. The van der Waals surface area contributed by atoms with Crippen LogP contribution in [0.1, 0.15) is 26.3 Å². The summed E-state index contributed by atoms with van der Waals surface area (Å²) in [6, 6.07) is 26.4. The van der Waals surface area contributed by atoms with E-state index in [1.807, 2.05) is 6.20 Å². The summed E-state index contributed by atoms with van der Waals surface area (Å²) < 4.78 is 0. The van der Waals surface area contributed by atoms with Crippen molar-refractivity contribution in [3.05, 3.63) is 97.0 Å². The molecule has 0 spiro atoms. The van der Waals surface area contributed by atoms with Crippen molar-refractivity contribution in [1.82, 2.24) is 9.88 Å². The minimum absolute atomic E-state index is 0.0966. The van der Waals surface area contributed by atoms with E-state index in [0.29, 0.717) is 0 Å². The van der Waals surface area contributed by atoms with E-state index in [2.05, 4.69) is 128 Å². The van der Waals surface area contributed by atoms with Gasteiger partial charge in [0.15, 0.2) is 0 Å². The summed E-state index contributed by atoms with van der Waals surface area (Å²) in [6.07, 6.45) is 6.17. The molecule has 32 heavy (non-hydrogen) atoms. The van der Waals surface area contributed by atoms with Gasteiger partial charge in [-0.25, -0.2) is 0 Å². The fourth-order valence-corrected chi connectivity index (χ4v) is 4.29. The molecule has 3 aromatic carbocycles. The molecule has 3 heteroatoms. The first-order chi connectivity index (χ1) is 15.4. The molecule has 4 aromatic rings. The standard InChI is InChI=1S/C29H29N3/c1-29(2,3)24-13-14-30-28(18-24)23-9-5-8-22(17-23)26-10-6-7-21-11-12-25(19-27(21)26)32-16-15-31(4)20-32/h5-19H,20H2,1-4H3. The molecule has 1 aromatic heterocycles. The highest BCUT2D eigenvalue weighted by Crippen LogP contribution is 2.34. The molecule has 5 rings (SSSR count). The third-order valence-corrected chi connectivity index (χ3v) is 6.17. The van der Waals surface area contributed by atoms with Crippen LogP contribution in [0.25, 0.3) is 33.2 Å². The lowest BCUT2D eigenvalue weighted by Crippen LogP contribution is -2.21. The van der Waals surface area contributed by atoms with E-state index in [1.54, 1.807) is 0 Å². The SMILES string of the molecule is CN1C=CN(c2ccc3cccc(-c4cccc(-c5cc(C(C)(C)C)ccn5)c4)c3c2)C1. The Morgan fingerprint density at radius 3 is 2.41 bits per heavy atom. The van der Waals surface area contributed by atoms with Crippen LogP contribution >= 0.6 is 0 Å². The fraction of sp³-hybridized carbons (Fsp3) is 0.207. The average molecular weight is 420 g/mol. The number of aromatic nitrogens is 1. The summed E-state index contributed by atoms with van der Waals surface area (Å²) in [5.41, 5.74) is 7.22. The van der Waals surface area contributed by atoms with Gasteiger partial charge in [-0.15, -0.1) is 0 Å². The Morgan fingerprint density at radius 2 is 1.62 bits per heavy atom. The van der Waals surface area contributed by atoms with Gasteiger partial charge in [-0.1, -0.05) is 63.2 Å². The van der Waals surface area contributed by atoms with Crippen LogP contribution in [0.15, 0.2) is 91.4 Å². The summed E-state index contributed by atoms with van der Waals surface area (Å²) >= 11 is 0. The Bertz CT molecular complexity index is 1310. The molecule has 0 N–H and O–H groups in total. The summed E-state index contributed by atoms with van der Waals surface area (Å²) in [4.78, 5) is 9.13. The van der Waals surface area contributed by atoms with E-state index in [4.69, 9.17) is 0 Å². The molecule has 0 unspecified atom stereocenters. The monoisotopic (exact) mass is 419 g/mol. The predicted molar refractivity (Wildman–Crippen MR) is 136 cm³/mol. The van der Waals surface area contributed by atoms with E-state index in [0.717, 1.165) is 17.9 Å². The molecule has 1 aliphatic heterocycles. The molecule has 2 heterocycles. The van der Waals surface area contributed by atoms with E-state index in [-0.39, 0.29) is 5.41 Å². The Balaban J connectivity index is 1.58. The van der Waals surface area contributed by atoms with Crippen molar-refractivity contribution in [2.75, 3.05) is 18.6 Å². The van der Waals surface area contributed by atoms with E-state index < -0.39 is 0 Å². The molecule has 0 saturated carbocycles. The number of hydrogen-bond donors (Lipinski definition) is 0. The Hall–Kier alpha value is -3.59. The number of rotatable bonds is 3. The van der Waals surface area contributed by atoms with Gasteiger partial charge in [0.25, 0.3) is 0 Å². The van der Waals surface area contributed by atoms with Gasteiger partial charge in [0.05, 0.1) is 12.4 Å². The van der Waals surface area contributed by atoms with Gasteiger partial charge in [0.2, 0.25) is 0 Å². The summed E-state index contributed by atoms with van der Waals surface area (Å²) in [5, 5.41) is 2.52. The zero-order valence-electron chi connectivity index (χ0n) is 19.2. The molecule has 0 radical (unpaired) electrons. The van der Waals surface area contributed by atoms with Gasteiger partial charge in [-0.3, -0.25) is 4.98 Å². The molecule has 0 fully saturated rings. The van der Waals surface area contributed by atoms with E-state index in [1.165, 1.54) is 33.2 Å². The highest BCUT2D eigenvalue weighted by Gasteiger charge is 2.16. The molecular weight excluding hydrogens is 390 g/mol. The number of pyridine rings is 1. The highest BCUT2D eigenvalue weighted by molar-refractivity contribution is 5.99. The van der Waals surface area contributed by atoms with Crippen molar-refractivity contribution in [3.63, 3.8) is 0 Å². The lowest BCUT2D eigenvalue weighted by molar-refractivity contribution is 0.496. The molecule has 1 aliphatic rings. The highest BCUT2D eigenvalue weighted by atomic mass is 15.3. The van der Waals surface area contributed by atoms with Crippen LogP contribution < -0.4 is 4.90 Å². The Labute approximate surface area is 190 Å². The Morgan fingerprint density at radius 1 is 0.812 bits per heavy atom. The summed E-state index contributed by atoms with van der Waals surface area (Å²) in [7, 11) is 2.09. The summed E-state index contributed by atoms with van der Waals surface area (Å²) in [6.45, 7) is 7.59. The molecular formula is C29H29N3. The zero-order valence-corrected chi connectivity index (χ0v) is 19.2. The largest absolute Gasteiger partial charge is 0.361 e. The second-order valence-electron chi connectivity index (χ2n) is 9.64. The average Bonchev–Trinajstić information content (AvgIpc) is 3.24. The zero-order chi connectivity index (χ0) is 22.3. The van der Waals surface area contributed by atoms with Crippen LogP contribution in [0.3, 0.4) is 0 Å². The Kier molecular flexibility index (Phi) is 4.97. The normalized spacial score (nSPS) is 13.9. The maximum Gasteiger partial charge on any atom is 0.0938 e. The van der Waals surface area contributed by atoms with Crippen LogP contribution in [0.2, 0.25) is 0 Å². The van der Waals surface area contributed by atoms with E-state index >= 15 is 0 Å². The van der Waals surface area contributed by atoms with Crippen LogP contribution in [-0.2, 0) is 5.41 Å². The maximum absolute atomic E-state index is 4.67. The molecule has 0 bridgehead atoms. The van der Waals surface area contributed by atoms with E-state index in [9.17, 15) is 0 Å². The van der Waals surface area contributed by atoms with Gasteiger partial charge in [-0.05, 0) is 63.2 Å². The first-order valence-electron chi connectivity index (χ1n) is 11.1. The third-order valence-electron chi connectivity index (χ3n) is 6.17. The van der Waals surface area contributed by atoms with Crippen molar-refractivity contribution < 1.29 is 0 Å². The second kappa shape index (κ2) is 7.83. The molecule has 160 valence electrons. The number of benzene rings is 3. The van der Waals surface area contributed by atoms with Crippen LogP contribution in [0.4, 0.5) is 5.69 Å². The quantitative estimate of drug-likeness (QED) is 0.355. The van der Waals surface area contributed by atoms with Crippen molar-refractivity contribution in [3.8, 4) is 22.4 Å². The molecule has 0 saturated heterocycles. The smallest absolute Gasteiger partial charge is 0.0938 e. The van der Waals surface area contributed by atoms with Gasteiger partial charge in [0.1, 0.15) is 0 Å². The van der Waals surface area contributed by atoms with Gasteiger partial charge in [0, 0.05) is 36.9 Å². The predicted octanol–water partition coefficient (Wildman–Crippen LogP) is 7.05. The maximum atomic E-state index is 4.67. The minimum Gasteiger partial charge on any atom is -0.361 e. The summed E-state index contributed by atoms with van der Waals surface area (Å²) in [5.74, 6) is 0. The van der Waals surface area contributed by atoms with Crippen molar-refractivity contribution in [2.45, 2.75) is 26.2 Å². The second-order valence-corrected chi connectivity index (χ2v) is 9.64. The van der Waals surface area contributed by atoms with Gasteiger partial charge < -0.3 is 9.80 Å². The van der Waals surface area contributed by atoms with Gasteiger partial charge >= 0.3 is 0 Å². The first-order valence-corrected chi connectivity index (χ1v) is 11.1. The number of fused-ring (bicyclic) bond motifs is 1. The van der Waals surface area contributed by atoms with Crippen molar-refractivity contribution in [1.29, 1.82) is 0 Å². The number of hydrogen-bond acceptors (Lipinski definition) is 3. The molecule has 3 nitrogen and oxygen atoms in total. The van der Waals surface area contributed by atoms with Crippen molar-refractivity contribution in [2.24, 2.45) is 0 Å². The first kappa shape index (κ1) is 20.3. The number of nitrogens with zero attached hydrogens (tertiary/aromatic N) is 3. The van der Waals surface area contributed by atoms with Crippen LogP contribution in [-0.4, -0.2) is 23.6 Å². The number of anilines is 1. The topological polar surface area (TPSA) is 19.4 Å². The minimum atomic E-state index is 0.0966. The van der Waals surface area contributed by atoms with Crippen molar-refractivity contribution >= 4 is 16.5 Å². The molecule has 0 atom stereocenters. The van der Waals surface area contributed by atoms with Crippen LogP contribution in [0, 0.1) is 0 Å². The molecule has 0 aliphatic carbocycles. The lowest BCUT2D eigenvalue weighted by Gasteiger charge is -2.20. The van der Waals surface area contributed by atoms with Crippen LogP contribution in [0.5, 0.6) is 0 Å². The lowest BCUT2D eigenvalue weighted by atomic mass is 9.87. The van der Waals surface area contributed by atoms with Gasteiger partial charge in [-0.2, -0.15) is 0 Å². The molecule has 0 amide bonds. The fourth-order valence-electron chi connectivity index (χ4n) is 4.29.